The first kappa shape index (κ1) is 17.7. The number of aryl methyl sites for hydroxylation is 1. The van der Waals surface area contributed by atoms with Gasteiger partial charge in [-0.15, -0.1) is 5.10 Å². The molecule has 0 aliphatic rings. The van der Waals surface area contributed by atoms with E-state index in [1.54, 1.807) is 36.0 Å². The highest BCUT2D eigenvalue weighted by atomic mass is 35.5. The van der Waals surface area contributed by atoms with Crippen LogP contribution in [0, 0.1) is 0 Å². The van der Waals surface area contributed by atoms with Gasteiger partial charge in [0.25, 0.3) is 5.91 Å². The van der Waals surface area contributed by atoms with Gasteiger partial charge in [-0.25, -0.2) is 4.68 Å². The molecule has 0 fully saturated rings. The van der Waals surface area contributed by atoms with Crippen LogP contribution >= 0.6 is 11.6 Å². The molecule has 0 bridgehead atoms. The third-order valence-electron chi connectivity index (χ3n) is 3.69. The summed E-state index contributed by atoms with van der Waals surface area (Å²) in [5, 5.41) is 14.5. The zero-order chi connectivity index (χ0) is 18.7. The highest BCUT2D eigenvalue weighted by Crippen LogP contribution is 2.36. The first-order valence-corrected chi connectivity index (χ1v) is 7.97. The van der Waals surface area contributed by atoms with Gasteiger partial charge in [0, 0.05) is 23.9 Å². The Bertz CT molecular complexity index is 957. The molecule has 0 aliphatic heterocycles. The molecule has 1 aromatic heterocycles. The zero-order valence-electron chi connectivity index (χ0n) is 14.4. The number of carbonyl (C=O) groups excluding carboxylic acids is 1. The van der Waals surface area contributed by atoms with Gasteiger partial charge in [-0.3, -0.25) is 4.79 Å². The van der Waals surface area contributed by atoms with Gasteiger partial charge in [-0.2, -0.15) is 0 Å². The summed E-state index contributed by atoms with van der Waals surface area (Å²) in [5.74, 6) is 1.02. The molecule has 2 aromatic carbocycles. The summed E-state index contributed by atoms with van der Waals surface area (Å²) in [7, 11) is 4.71. The molecule has 26 heavy (non-hydrogen) atoms. The number of aromatic nitrogens is 4. The minimum absolute atomic E-state index is 0.288. The van der Waals surface area contributed by atoms with Crippen LogP contribution in [0.2, 0.25) is 5.02 Å². The first-order chi connectivity index (χ1) is 12.5. The lowest BCUT2D eigenvalue weighted by atomic mass is 10.1. The topological polar surface area (TPSA) is 91.2 Å². The van der Waals surface area contributed by atoms with E-state index in [-0.39, 0.29) is 10.9 Å². The molecule has 3 aromatic rings. The lowest BCUT2D eigenvalue weighted by Crippen LogP contribution is -2.12. The van der Waals surface area contributed by atoms with Crippen molar-refractivity contribution in [2.75, 3.05) is 19.5 Å². The van der Waals surface area contributed by atoms with E-state index in [9.17, 15) is 4.79 Å². The largest absolute Gasteiger partial charge is 0.493 e. The number of halogens is 1. The fourth-order valence-electron chi connectivity index (χ4n) is 2.46. The number of nitrogens with one attached hydrogen (secondary N) is 1. The quantitative estimate of drug-likeness (QED) is 0.739. The van der Waals surface area contributed by atoms with E-state index in [0.717, 1.165) is 5.56 Å². The number of benzene rings is 2. The summed E-state index contributed by atoms with van der Waals surface area (Å²) < 4.78 is 12.0. The standard InChI is InChI=1S/C17H16ClN5O3/c1-23-16(20-21-22-23)10-5-4-6-12(7-10)19-17(24)11-8-13(18)15(26-3)14(9-11)25-2/h4-9H,1-3H3,(H,19,24). The van der Waals surface area contributed by atoms with Crippen molar-refractivity contribution in [1.82, 2.24) is 20.2 Å². The van der Waals surface area contributed by atoms with E-state index >= 15 is 0 Å². The Morgan fingerprint density at radius 3 is 2.65 bits per heavy atom. The molecule has 1 heterocycles. The van der Waals surface area contributed by atoms with Crippen molar-refractivity contribution < 1.29 is 14.3 Å². The van der Waals surface area contributed by atoms with Gasteiger partial charge in [-0.05, 0) is 34.7 Å². The Balaban J connectivity index is 1.87. The molecule has 0 unspecified atom stereocenters. The predicted octanol–water partition coefficient (Wildman–Crippen LogP) is 2.80. The van der Waals surface area contributed by atoms with Gasteiger partial charge in [0.15, 0.2) is 17.3 Å². The number of nitrogens with zero attached hydrogens (tertiary/aromatic N) is 4. The highest BCUT2D eigenvalue weighted by molar-refractivity contribution is 6.32. The van der Waals surface area contributed by atoms with Crippen LogP contribution in [0.1, 0.15) is 10.4 Å². The van der Waals surface area contributed by atoms with Crippen LogP contribution in [-0.4, -0.2) is 40.3 Å². The average molecular weight is 374 g/mol. The highest BCUT2D eigenvalue weighted by Gasteiger charge is 2.16. The molecule has 8 nitrogen and oxygen atoms in total. The molecule has 0 radical (unpaired) electrons. The van der Waals surface area contributed by atoms with Crippen molar-refractivity contribution in [1.29, 1.82) is 0 Å². The van der Waals surface area contributed by atoms with Gasteiger partial charge < -0.3 is 14.8 Å². The van der Waals surface area contributed by atoms with Crippen molar-refractivity contribution in [3.05, 3.63) is 47.0 Å². The lowest BCUT2D eigenvalue weighted by molar-refractivity contribution is 0.102. The van der Waals surface area contributed by atoms with Gasteiger partial charge in [0.2, 0.25) is 0 Å². The summed E-state index contributed by atoms with van der Waals surface area (Å²) in [6.07, 6.45) is 0. The van der Waals surface area contributed by atoms with Crippen LogP contribution in [0.25, 0.3) is 11.4 Å². The van der Waals surface area contributed by atoms with Crippen LogP contribution in [0.15, 0.2) is 36.4 Å². The van der Waals surface area contributed by atoms with Crippen molar-refractivity contribution in [3.8, 4) is 22.9 Å². The molecule has 3 rings (SSSR count). The summed E-state index contributed by atoms with van der Waals surface area (Å²) in [5.41, 5.74) is 1.72. The molecule has 1 amide bonds. The van der Waals surface area contributed by atoms with Crippen molar-refractivity contribution in [2.45, 2.75) is 0 Å². The molecule has 0 atom stereocenters. The molecule has 0 spiro atoms. The molecular formula is C17H16ClN5O3. The fourth-order valence-corrected chi connectivity index (χ4v) is 2.75. The van der Waals surface area contributed by atoms with E-state index < -0.39 is 0 Å². The second-order valence-corrected chi connectivity index (χ2v) is 5.76. The second kappa shape index (κ2) is 7.40. The Kier molecular flexibility index (Phi) is 5.04. The SMILES string of the molecule is COc1cc(C(=O)Nc2cccc(-c3nnnn3C)c2)cc(Cl)c1OC. The Morgan fingerprint density at radius 1 is 1.19 bits per heavy atom. The lowest BCUT2D eigenvalue weighted by Gasteiger charge is -2.12. The zero-order valence-corrected chi connectivity index (χ0v) is 15.1. The van der Waals surface area contributed by atoms with Crippen LogP contribution in [0.4, 0.5) is 5.69 Å². The second-order valence-electron chi connectivity index (χ2n) is 5.35. The number of amides is 1. The molecule has 0 saturated heterocycles. The number of anilines is 1. The maximum Gasteiger partial charge on any atom is 0.255 e. The first-order valence-electron chi connectivity index (χ1n) is 7.59. The maximum absolute atomic E-state index is 12.6. The van der Waals surface area contributed by atoms with E-state index in [0.29, 0.717) is 28.6 Å². The molecule has 1 N–H and O–H groups in total. The number of hydrogen-bond acceptors (Lipinski definition) is 6. The number of tetrazole rings is 1. The van der Waals surface area contributed by atoms with Crippen LogP contribution in [0.5, 0.6) is 11.5 Å². The van der Waals surface area contributed by atoms with Gasteiger partial charge >= 0.3 is 0 Å². The minimum Gasteiger partial charge on any atom is -0.493 e. The fraction of sp³-hybridized carbons (Fsp3) is 0.176. The summed E-state index contributed by atoms with van der Waals surface area (Å²) in [6, 6.07) is 10.3. The monoisotopic (exact) mass is 373 g/mol. The smallest absolute Gasteiger partial charge is 0.255 e. The van der Waals surface area contributed by atoms with E-state index in [2.05, 4.69) is 20.8 Å². The Labute approximate surface area is 154 Å². The molecule has 9 heteroatoms. The van der Waals surface area contributed by atoms with Crippen LogP contribution < -0.4 is 14.8 Å². The number of ether oxygens (including phenoxy) is 2. The van der Waals surface area contributed by atoms with E-state index in [1.807, 2.05) is 6.07 Å². The summed E-state index contributed by atoms with van der Waals surface area (Å²) in [6.45, 7) is 0. The van der Waals surface area contributed by atoms with Crippen molar-refractivity contribution >= 4 is 23.2 Å². The molecule has 0 aliphatic carbocycles. The normalized spacial score (nSPS) is 10.5. The Morgan fingerprint density at radius 2 is 2.00 bits per heavy atom. The maximum atomic E-state index is 12.6. The summed E-state index contributed by atoms with van der Waals surface area (Å²) >= 11 is 6.16. The number of carbonyl (C=O) groups is 1. The Hall–Kier alpha value is -3.13. The molecule has 134 valence electrons. The van der Waals surface area contributed by atoms with Gasteiger partial charge in [0.05, 0.1) is 19.2 Å². The third-order valence-corrected chi connectivity index (χ3v) is 3.98. The predicted molar refractivity (Wildman–Crippen MR) is 96.7 cm³/mol. The number of rotatable bonds is 5. The van der Waals surface area contributed by atoms with E-state index in [4.69, 9.17) is 21.1 Å². The number of hydrogen-bond donors (Lipinski definition) is 1. The van der Waals surface area contributed by atoms with Crippen LogP contribution in [0.3, 0.4) is 0 Å². The number of methoxy groups -OCH3 is 2. The third kappa shape index (κ3) is 3.45. The van der Waals surface area contributed by atoms with Crippen LogP contribution in [-0.2, 0) is 7.05 Å². The van der Waals surface area contributed by atoms with Gasteiger partial charge in [-0.1, -0.05) is 23.7 Å². The molecular weight excluding hydrogens is 358 g/mol. The minimum atomic E-state index is -0.332. The average Bonchev–Trinajstić information content (AvgIpc) is 3.07. The van der Waals surface area contributed by atoms with Crippen molar-refractivity contribution in [2.24, 2.45) is 7.05 Å². The summed E-state index contributed by atoms with van der Waals surface area (Å²) in [4.78, 5) is 12.6. The van der Waals surface area contributed by atoms with Crippen molar-refractivity contribution in [3.63, 3.8) is 0 Å². The molecule has 0 saturated carbocycles. The van der Waals surface area contributed by atoms with E-state index in [1.165, 1.54) is 20.3 Å². The van der Waals surface area contributed by atoms with Gasteiger partial charge in [0.1, 0.15) is 0 Å².